The molecule has 2 aromatic rings. The second kappa shape index (κ2) is 5.67. The molecule has 1 fully saturated rings. The topological polar surface area (TPSA) is 50.7 Å². The van der Waals surface area contributed by atoms with E-state index in [9.17, 15) is 0 Å². The summed E-state index contributed by atoms with van der Waals surface area (Å²) in [5, 5.41) is 5.16. The molecule has 2 aromatic heterocycles. The maximum atomic E-state index is 4.44. The second-order valence-electron chi connectivity index (χ2n) is 4.74. The largest absolute Gasteiger partial charge is 0.310 e. The van der Waals surface area contributed by atoms with E-state index < -0.39 is 0 Å². The molecule has 0 atom stereocenters. The molecule has 1 aliphatic carbocycles. The fraction of sp³-hybridized carbons (Fsp3) is 0.357. The van der Waals surface area contributed by atoms with Crippen LogP contribution >= 0.6 is 11.8 Å². The third-order valence-corrected chi connectivity index (χ3v) is 3.77. The molecule has 0 amide bonds. The summed E-state index contributed by atoms with van der Waals surface area (Å²) in [6.07, 6.45) is 6.32. The maximum absolute atomic E-state index is 4.44. The Morgan fingerprint density at radius 1 is 1.26 bits per heavy atom. The van der Waals surface area contributed by atoms with Gasteiger partial charge in [-0.3, -0.25) is 0 Å². The molecule has 5 heteroatoms. The first-order valence-electron chi connectivity index (χ1n) is 6.45. The summed E-state index contributed by atoms with van der Waals surface area (Å²) in [5.74, 6) is 0. The SMILES string of the molecule is Cc1ccnc(Sc2ccc(CNC3CC3)cn2)n1. The predicted octanol–water partition coefficient (Wildman–Crippen LogP) is 2.58. The van der Waals surface area contributed by atoms with Gasteiger partial charge in [-0.2, -0.15) is 0 Å². The Bertz CT molecular complexity index is 552. The van der Waals surface area contributed by atoms with Crippen LogP contribution in [0.5, 0.6) is 0 Å². The molecule has 1 N–H and O–H groups in total. The fourth-order valence-electron chi connectivity index (χ4n) is 1.69. The van der Waals surface area contributed by atoms with Crippen LogP contribution in [0.4, 0.5) is 0 Å². The number of rotatable bonds is 5. The van der Waals surface area contributed by atoms with Crippen molar-refractivity contribution in [3.8, 4) is 0 Å². The monoisotopic (exact) mass is 272 g/mol. The van der Waals surface area contributed by atoms with Crippen LogP contribution in [0.25, 0.3) is 0 Å². The summed E-state index contributed by atoms with van der Waals surface area (Å²) in [6.45, 7) is 2.87. The molecular weight excluding hydrogens is 256 g/mol. The average Bonchev–Trinajstić information content (AvgIpc) is 3.22. The van der Waals surface area contributed by atoms with Crippen LogP contribution in [0.1, 0.15) is 24.1 Å². The van der Waals surface area contributed by atoms with Crippen molar-refractivity contribution in [1.82, 2.24) is 20.3 Å². The summed E-state index contributed by atoms with van der Waals surface area (Å²) < 4.78 is 0. The van der Waals surface area contributed by atoms with Crippen LogP contribution in [-0.4, -0.2) is 21.0 Å². The Kier molecular flexibility index (Phi) is 3.75. The van der Waals surface area contributed by atoms with E-state index in [0.717, 1.165) is 28.5 Å². The molecule has 1 aliphatic rings. The van der Waals surface area contributed by atoms with Crippen LogP contribution in [-0.2, 0) is 6.54 Å². The molecule has 0 aliphatic heterocycles. The van der Waals surface area contributed by atoms with Crippen LogP contribution < -0.4 is 5.32 Å². The van der Waals surface area contributed by atoms with Gasteiger partial charge in [0, 0.05) is 30.7 Å². The minimum atomic E-state index is 0.731. The molecule has 98 valence electrons. The van der Waals surface area contributed by atoms with Crippen molar-refractivity contribution < 1.29 is 0 Å². The molecule has 2 heterocycles. The van der Waals surface area contributed by atoms with Crippen molar-refractivity contribution in [2.45, 2.75) is 42.5 Å². The van der Waals surface area contributed by atoms with Gasteiger partial charge in [0.15, 0.2) is 5.16 Å². The van der Waals surface area contributed by atoms with Gasteiger partial charge in [-0.15, -0.1) is 0 Å². The van der Waals surface area contributed by atoms with Gasteiger partial charge >= 0.3 is 0 Å². The summed E-state index contributed by atoms with van der Waals surface area (Å²) in [7, 11) is 0. The lowest BCUT2D eigenvalue weighted by Crippen LogP contribution is -2.15. The van der Waals surface area contributed by atoms with E-state index in [1.807, 2.05) is 25.3 Å². The highest BCUT2D eigenvalue weighted by atomic mass is 32.2. The highest BCUT2D eigenvalue weighted by Gasteiger charge is 2.19. The molecular formula is C14H16N4S. The highest BCUT2D eigenvalue weighted by molar-refractivity contribution is 7.99. The minimum Gasteiger partial charge on any atom is -0.310 e. The summed E-state index contributed by atoms with van der Waals surface area (Å²) >= 11 is 1.49. The maximum Gasteiger partial charge on any atom is 0.194 e. The number of nitrogens with one attached hydrogen (secondary N) is 1. The standard InChI is InChI=1S/C14H16N4S/c1-10-6-7-15-14(18-10)19-13-5-2-11(9-17-13)8-16-12-3-4-12/h2,5-7,9,12,16H,3-4,8H2,1H3. The zero-order valence-electron chi connectivity index (χ0n) is 10.8. The molecule has 0 unspecified atom stereocenters. The normalized spacial score (nSPS) is 14.6. The van der Waals surface area contributed by atoms with Gasteiger partial charge in [-0.05, 0) is 49.2 Å². The van der Waals surface area contributed by atoms with Crippen molar-refractivity contribution in [3.05, 3.63) is 41.9 Å². The smallest absolute Gasteiger partial charge is 0.194 e. The van der Waals surface area contributed by atoms with Crippen LogP contribution in [0.15, 0.2) is 40.8 Å². The highest BCUT2D eigenvalue weighted by Crippen LogP contribution is 2.23. The van der Waals surface area contributed by atoms with Crippen molar-refractivity contribution in [2.75, 3.05) is 0 Å². The molecule has 0 saturated heterocycles. The van der Waals surface area contributed by atoms with Gasteiger partial charge < -0.3 is 5.32 Å². The summed E-state index contributed by atoms with van der Waals surface area (Å²) in [5.41, 5.74) is 2.20. The zero-order chi connectivity index (χ0) is 13.1. The average molecular weight is 272 g/mol. The number of hydrogen-bond acceptors (Lipinski definition) is 5. The number of aryl methyl sites for hydroxylation is 1. The van der Waals surface area contributed by atoms with Gasteiger partial charge in [0.05, 0.1) is 0 Å². The van der Waals surface area contributed by atoms with Crippen LogP contribution in [0, 0.1) is 6.92 Å². The van der Waals surface area contributed by atoms with E-state index in [0.29, 0.717) is 0 Å². The third kappa shape index (κ3) is 3.75. The van der Waals surface area contributed by atoms with E-state index in [1.54, 1.807) is 6.20 Å². The second-order valence-corrected chi connectivity index (χ2v) is 5.73. The Morgan fingerprint density at radius 2 is 2.16 bits per heavy atom. The number of nitrogens with zero attached hydrogens (tertiary/aromatic N) is 3. The fourth-order valence-corrected chi connectivity index (χ4v) is 2.43. The molecule has 4 nitrogen and oxygen atoms in total. The number of pyridine rings is 1. The van der Waals surface area contributed by atoms with E-state index in [1.165, 1.54) is 30.2 Å². The van der Waals surface area contributed by atoms with E-state index in [2.05, 4.69) is 26.3 Å². The quantitative estimate of drug-likeness (QED) is 0.848. The van der Waals surface area contributed by atoms with Gasteiger partial charge in [0.1, 0.15) is 5.03 Å². The first kappa shape index (κ1) is 12.6. The Morgan fingerprint density at radius 3 is 2.84 bits per heavy atom. The molecule has 0 bridgehead atoms. The van der Waals surface area contributed by atoms with E-state index in [-0.39, 0.29) is 0 Å². The van der Waals surface area contributed by atoms with Crippen molar-refractivity contribution in [1.29, 1.82) is 0 Å². The first-order valence-corrected chi connectivity index (χ1v) is 7.27. The lowest BCUT2D eigenvalue weighted by Gasteiger charge is -2.04. The lowest BCUT2D eigenvalue weighted by molar-refractivity contribution is 0.684. The third-order valence-electron chi connectivity index (χ3n) is 2.94. The first-order chi connectivity index (χ1) is 9.29. The van der Waals surface area contributed by atoms with Crippen LogP contribution in [0.2, 0.25) is 0 Å². The van der Waals surface area contributed by atoms with Crippen molar-refractivity contribution in [3.63, 3.8) is 0 Å². The van der Waals surface area contributed by atoms with E-state index in [4.69, 9.17) is 0 Å². The Hall–Kier alpha value is -1.46. The lowest BCUT2D eigenvalue weighted by atomic mass is 10.3. The molecule has 3 rings (SSSR count). The predicted molar refractivity (Wildman–Crippen MR) is 75.0 cm³/mol. The molecule has 0 radical (unpaired) electrons. The summed E-state index contributed by atoms with van der Waals surface area (Å²) in [6, 6.07) is 6.76. The van der Waals surface area contributed by atoms with Crippen molar-refractivity contribution >= 4 is 11.8 Å². The molecule has 19 heavy (non-hydrogen) atoms. The van der Waals surface area contributed by atoms with Crippen molar-refractivity contribution in [2.24, 2.45) is 0 Å². The van der Waals surface area contributed by atoms with E-state index >= 15 is 0 Å². The number of aromatic nitrogens is 3. The minimum absolute atomic E-state index is 0.731. The van der Waals surface area contributed by atoms with Gasteiger partial charge in [-0.1, -0.05) is 6.07 Å². The van der Waals surface area contributed by atoms with Gasteiger partial charge in [0.2, 0.25) is 0 Å². The molecule has 0 aromatic carbocycles. The Balaban J connectivity index is 1.61. The van der Waals surface area contributed by atoms with Gasteiger partial charge in [0.25, 0.3) is 0 Å². The summed E-state index contributed by atoms with van der Waals surface area (Å²) in [4.78, 5) is 13.0. The molecule has 1 saturated carbocycles. The number of hydrogen-bond donors (Lipinski definition) is 1. The molecule has 0 spiro atoms. The Labute approximate surface area is 117 Å². The van der Waals surface area contributed by atoms with Gasteiger partial charge in [-0.25, -0.2) is 15.0 Å². The zero-order valence-corrected chi connectivity index (χ0v) is 11.7. The van der Waals surface area contributed by atoms with Crippen LogP contribution in [0.3, 0.4) is 0 Å².